The lowest BCUT2D eigenvalue weighted by Gasteiger charge is -2.46. The van der Waals surface area contributed by atoms with Crippen LogP contribution in [0.4, 0.5) is 4.79 Å². The maximum absolute atomic E-state index is 11.9. The van der Waals surface area contributed by atoms with Gasteiger partial charge in [-0.15, -0.1) is 0 Å². The molecule has 2 fully saturated rings. The highest BCUT2D eigenvalue weighted by Crippen LogP contribution is 2.39. The summed E-state index contributed by atoms with van der Waals surface area (Å²) in [6.07, 6.45) is 3.96. The number of nitrogens with zero attached hydrogens (tertiary/aromatic N) is 2. The van der Waals surface area contributed by atoms with Gasteiger partial charge < -0.3 is 9.64 Å². The second-order valence-corrected chi connectivity index (χ2v) is 8.18. The van der Waals surface area contributed by atoms with Crippen molar-refractivity contribution in [1.29, 1.82) is 0 Å². The van der Waals surface area contributed by atoms with Crippen molar-refractivity contribution >= 4 is 16.3 Å². The topological polar surface area (TPSA) is 79.0 Å². The molecule has 1 aliphatic carbocycles. The van der Waals surface area contributed by atoms with E-state index in [4.69, 9.17) is 4.74 Å². The normalized spacial score (nSPS) is 28.5. The molecule has 2 rings (SSSR count). The molecule has 0 aromatic heterocycles. The first kappa shape index (κ1) is 17.2. The van der Waals surface area contributed by atoms with E-state index in [1.54, 1.807) is 4.90 Å². The highest BCUT2D eigenvalue weighted by molar-refractivity contribution is 7.87. The van der Waals surface area contributed by atoms with Gasteiger partial charge in [0.1, 0.15) is 0 Å². The van der Waals surface area contributed by atoms with Crippen LogP contribution in [0.1, 0.15) is 19.3 Å². The molecule has 0 aromatic carbocycles. The molecule has 1 aliphatic heterocycles. The van der Waals surface area contributed by atoms with Gasteiger partial charge in [-0.2, -0.15) is 12.7 Å². The van der Waals surface area contributed by atoms with Crippen LogP contribution in [0.25, 0.3) is 0 Å². The molecule has 2 aliphatic rings. The Morgan fingerprint density at radius 1 is 1.36 bits per heavy atom. The summed E-state index contributed by atoms with van der Waals surface area (Å²) in [7, 11) is -0.380. The van der Waals surface area contributed by atoms with Crippen molar-refractivity contribution in [3.05, 3.63) is 12.8 Å². The number of amides is 1. The van der Waals surface area contributed by atoms with Gasteiger partial charge in [-0.05, 0) is 30.6 Å². The first-order chi connectivity index (χ1) is 10.3. The fourth-order valence-electron chi connectivity index (χ4n) is 3.51. The number of carbonyl (C=O) groups is 1. The number of carbonyl (C=O) groups excluding carboxylic acids is 1. The van der Waals surface area contributed by atoms with E-state index in [1.807, 2.05) is 0 Å². The molecule has 2 atom stereocenters. The van der Waals surface area contributed by atoms with Crippen molar-refractivity contribution in [2.75, 3.05) is 33.7 Å². The lowest BCUT2D eigenvalue weighted by molar-refractivity contribution is 0.0273. The molecule has 0 spiro atoms. The third-order valence-corrected chi connectivity index (χ3v) is 6.19. The molecule has 22 heavy (non-hydrogen) atoms. The van der Waals surface area contributed by atoms with Crippen molar-refractivity contribution in [2.45, 2.75) is 19.3 Å². The molecule has 1 N–H and O–H groups in total. The van der Waals surface area contributed by atoms with Crippen LogP contribution in [-0.2, 0) is 14.9 Å². The Morgan fingerprint density at radius 2 is 1.95 bits per heavy atom. The second-order valence-electron chi connectivity index (χ2n) is 6.21. The summed E-state index contributed by atoms with van der Waals surface area (Å²) in [5.41, 5.74) is 0. The van der Waals surface area contributed by atoms with Crippen LogP contribution in [0.15, 0.2) is 12.8 Å². The average molecular weight is 331 g/mol. The molecule has 1 saturated carbocycles. The molecule has 2 bridgehead atoms. The van der Waals surface area contributed by atoms with E-state index >= 15 is 0 Å². The zero-order valence-electron chi connectivity index (χ0n) is 13.2. The molecule has 0 aromatic rings. The van der Waals surface area contributed by atoms with E-state index in [9.17, 15) is 13.2 Å². The SMILES string of the molecule is C=COC(=O)N1CC2CCCC(C1)C2CNS(=O)(=O)N(C)C. The minimum atomic E-state index is -3.40. The van der Waals surface area contributed by atoms with E-state index in [2.05, 4.69) is 11.3 Å². The number of fused-ring (bicyclic) bond motifs is 2. The summed E-state index contributed by atoms with van der Waals surface area (Å²) in [5, 5.41) is 0. The Morgan fingerprint density at radius 3 is 2.45 bits per heavy atom. The van der Waals surface area contributed by atoms with E-state index in [1.165, 1.54) is 18.4 Å². The highest BCUT2D eigenvalue weighted by Gasteiger charge is 2.41. The fourth-order valence-corrected chi connectivity index (χ4v) is 4.17. The van der Waals surface area contributed by atoms with Gasteiger partial charge in [-0.25, -0.2) is 9.52 Å². The summed E-state index contributed by atoms with van der Waals surface area (Å²) in [6, 6.07) is 0. The molecule has 126 valence electrons. The van der Waals surface area contributed by atoms with Crippen molar-refractivity contribution in [2.24, 2.45) is 17.8 Å². The van der Waals surface area contributed by atoms with Gasteiger partial charge in [0.05, 0.1) is 6.26 Å². The van der Waals surface area contributed by atoms with Crippen LogP contribution in [0.2, 0.25) is 0 Å². The number of hydrogen-bond donors (Lipinski definition) is 1. The maximum atomic E-state index is 11.9. The highest BCUT2D eigenvalue weighted by atomic mass is 32.2. The summed E-state index contributed by atoms with van der Waals surface area (Å²) in [6.45, 7) is 5.08. The monoisotopic (exact) mass is 331 g/mol. The average Bonchev–Trinajstić information content (AvgIpc) is 2.44. The zero-order chi connectivity index (χ0) is 16.3. The van der Waals surface area contributed by atoms with Gasteiger partial charge >= 0.3 is 6.09 Å². The van der Waals surface area contributed by atoms with Crippen LogP contribution in [0.3, 0.4) is 0 Å². The molecule has 7 nitrogen and oxygen atoms in total. The van der Waals surface area contributed by atoms with Crippen molar-refractivity contribution < 1.29 is 17.9 Å². The predicted molar refractivity (Wildman–Crippen MR) is 83.2 cm³/mol. The van der Waals surface area contributed by atoms with Crippen LogP contribution in [-0.4, -0.2) is 57.4 Å². The smallest absolute Gasteiger partial charge is 0.414 e. The molecule has 1 amide bonds. The molecular formula is C14H25N3O4S. The Kier molecular flexibility index (Phi) is 5.46. The number of hydrogen-bond acceptors (Lipinski definition) is 4. The van der Waals surface area contributed by atoms with E-state index in [0.717, 1.165) is 25.5 Å². The number of rotatable bonds is 5. The molecular weight excluding hydrogens is 306 g/mol. The lowest BCUT2D eigenvalue weighted by Crippen LogP contribution is -2.54. The molecule has 2 unspecified atom stereocenters. The Balaban J connectivity index is 2.00. The standard InChI is InChI=1S/C14H25N3O4S/c1-4-21-14(18)17-9-11-6-5-7-12(10-17)13(11)8-15-22(19,20)16(2)3/h4,11-13,15H,1,5-10H2,2-3H3. The van der Waals surface area contributed by atoms with E-state index < -0.39 is 10.2 Å². The molecule has 1 heterocycles. The molecule has 8 heteroatoms. The Labute approximate surface area is 132 Å². The Hall–Kier alpha value is -1.12. The van der Waals surface area contributed by atoms with Gasteiger partial charge in [0.25, 0.3) is 10.2 Å². The van der Waals surface area contributed by atoms with Crippen LogP contribution >= 0.6 is 0 Å². The predicted octanol–water partition coefficient (Wildman–Crippen LogP) is 1.01. The van der Waals surface area contributed by atoms with Crippen LogP contribution in [0, 0.1) is 17.8 Å². The maximum Gasteiger partial charge on any atom is 0.414 e. The summed E-state index contributed by atoms with van der Waals surface area (Å²) >= 11 is 0. The largest absolute Gasteiger partial charge is 0.419 e. The number of ether oxygens (including phenoxy) is 1. The number of piperidine rings is 1. The van der Waals surface area contributed by atoms with Gasteiger partial charge in [0, 0.05) is 33.7 Å². The second kappa shape index (κ2) is 6.97. The number of nitrogens with one attached hydrogen (secondary N) is 1. The third-order valence-electron chi connectivity index (χ3n) is 4.70. The van der Waals surface area contributed by atoms with Crippen molar-refractivity contribution in [1.82, 2.24) is 13.9 Å². The van der Waals surface area contributed by atoms with Gasteiger partial charge in [-0.3, -0.25) is 0 Å². The third kappa shape index (κ3) is 3.80. The first-order valence-corrected chi connectivity index (χ1v) is 9.02. The first-order valence-electron chi connectivity index (χ1n) is 7.58. The summed E-state index contributed by atoms with van der Waals surface area (Å²) in [4.78, 5) is 13.6. The number of likely N-dealkylation sites (tertiary alicyclic amines) is 1. The quantitative estimate of drug-likeness (QED) is 0.763. The minimum absolute atomic E-state index is 0.274. The van der Waals surface area contributed by atoms with Crippen molar-refractivity contribution in [3.63, 3.8) is 0 Å². The van der Waals surface area contributed by atoms with Crippen LogP contribution < -0.4 is 4.72 Å². The molecule has 1 saturated heterocycles. The molecule has 0 radical (unpaired) electrons. The van der Waals surface area contributed by atoms with E-state index in [-0.39, 0.29) is 12.0 Å². The summed E-state index contributed by atoms with van der Waals surface area (Å²) < 4.78 is 32.5. The van der Waals surface area contributed by atoms with Crippen molar-refractivity contribution in [3.8, 4) is 0 Å². The Bertz CT molecular complexity index is 506. The van der Waals surface area contributed by atoms with Gasteiger partial charge in [0.15, 0.2) is 0 Å². The zero-order valence-corrected chi connectivity index (χ0v) is 14.0. The van der Waals surface area contributed by atoms with Crippen LogP contribution in [0.5, 0.6) is 0 Å². The minimum Gasteiger partial charge on any atom is -0.419 e. The summed E-state index contributed by atoms with van der Waals surface area (Å²) in [5.74, 6) is 0.903. The van der Waals surface area contributed by atoms with Gasteiger partial charge in [-0.1, -0.05) is 13.0 Å². The fraction of sp³-hybridized carbons (Fsp3) is 0.786. The lowest BCUT2D eigenvalue weighted by atomic mass is 9.69. The van der Waals surface area contributed by atoms with E-state index in [0.29, 0.717) is 31.5 Å². The van der Waals surface area contributed by atoms with Gasteiger partial charge in [0.2, 0.25) is 0 Å².